The number of hydrogen-bond acceptors (Lipinski definition) is 2. The van der Waals surface area contributed by atoms with Gasteiger partial charge in [-0.3, -0.25) is 0 Å². The molecule has 106 valence electrons. The highest BCUT2D eigenvalue weighted by molar-refractivity contribution is 5.51. The van der Waals surface area contributed by atoms with Crippen LogP contribution in [0, 0.1) is 11.6 Å². The second-order valence-electron chi connectivity index (χ2n) is 5.64. The van der Waals surface area contributed by atoms with Gasteiger partial charge in [0.1, 0.15) is 17.3 Å². The first-order valence-electron chi connectivity index (χ1n) is 6.95. The molecule has 2 rings (SSSR count). The maximum Gasteiger partial charge on any atom is 0.149 e. The standard InChI is InChI=1S/C15H22F2N2/c1-10(18)7-11-8-13(16)15(14(17)9-11)19(2)12-5-3-4-6-12/h8-10,12H,3-7,18H2,1-2H3. The summed E-state index contributed by atoms with van der Waals surface area (Å²) in [5.41, 5.74) is 6.38. The van der Waals surface area contributed by atoms with Gasteiger partial charge in [0.15, 0.2) is 0 Å². The molecular formula is C15H22F2N2. The van der Waals surface area contributed by atoms with Crippen LogP contribution in [0.4, 0.5) is 14.5 Å². The Hall–Kier alpha value is -1.16. The largest absolute Gasteiger partial charge is 0.367 e. The van der Waals surface area contributed by atoms with E-state index in [0.717, 1.165) is 25.7 Å². The Bertz CT molecular complexity index is 417. The third-order valence-corrected chi connectivity index (χ3v) is 3.86. The first-order valence-corrected chi connectivity index (χ1v) is 6.95. The molecule has 0 bridgehead atoms. The Labute approximate surface area is 113 Å². The molecule has 0 aliphatic heterocycles. The summed E-state index contributed by atoms with van der Waals surface area (Å²) >= 11 is 0. The van der Waals surface area contributed by atoms with Crippen LogP contribution in [0.15, 0.2) is 12.1 Å². The Morgan fingerprint density at radius 1 is 1.26 bits per heavy atom. The Morgan fingerprint density at radius 3 is 2.26 bits per heavy atom. The minimum atomic E-state index is -0.481. The SMILES string of the molecule is CC(N)Cc1cc(F)c(N(C)C2CCCC2)c(F)c1. The van der Waals surface area contributed by atoms with Gasteiger partial charge >= 0.3 is 0 Å². The van der Waals surface area contributed by atoms with Gasteiger partial charge in [-0.15, -0.1) is 0 Å². The molecule has 4 heteroatoms. The summed E-state index contributed by atoms with van der Waals surface area (Å²) in [6.45, 7) is 1.83. The van der Waals surface area contributed by atoms with Gasteiger partial charge in [0, 0.05) is 19.1 Å². The number of rotatable bonds is 4. The molecule has 1 atom stereocenters. The zero-order valence-corrected chi connectivity index (χ0v) is 11.6. The molecule has 0 spiro atoms. The molecular weight excluding hydrogens is 246 g/mol. The summed E-state index contributed by atoms with van der Waals surface area (Å²) < 4.78 is 28.3. The van der Waals surface area contributed by atoms with Crippen LogP contribution < -0.4 is 10.6 Å². The summed E-state index contributed by atoms with van der Waals surface area (Å²) in [6.07, 6.45) is 4.79. The maximum absolute atomic E-state index is 14.1. The van der Waals surface area contributed by atoms with E-state index in [-0.39, 0.29) is 17.8 Å². The van der Waals surface area contributed by atoms with E-state index in [4.69, 9.17) is 5.73 Å². The number of nitrogens with two attached hydrogens (primary N) is 1. The van der Waals surface area contributed by atoms with E-state index < -0.39 is 11.6 Å². The predicted octanol–water partition coefficient (Wildman–Crippen LogP) is 3.23. The second-order valence-corrected chi connectivity index (χ2v) is 5.64. The fourth-order valence-electron chi connectivity index (χ4n) is 2.92. The summed E-state index contributed by atoms with van der Waals surface area (Å²) in [6, 6.07) is 2.97. The number of benzene rings is 1. The topological polar surface area (TPSA) is 29.3 Å². The van der Waals surface area contributed by atoms with Crippen molar-refractivity contribution in [3.63, 3.8) is 0 Å². The molecule has 1 saturated carbocycles. The van der Waals surface area contributed by atoms with Crippen LogP contribution in [-0.2, 0) is 6.42 Å². The highest BCUT2D eigenvalue weighted by Gasteiger charge is 2.24. The summed E-state index contributed by atoms with van der Waals surface area (Å²) in [5, 5.41) is 0. The Kier molecular flexibility index (Phi) is 4.40. The van der Waals surface area contributed by atoms with Crippen molar-refractivity contribution in [3.05, 3.63) is 29.3 Å². The number of nitrogens with zero attached hydrogens (tertiary/aromatic N) is 1. The van der Waals surface area contributed by atoms with E-state index in [9.17, 15) is 8.78 Å². The minimum absolute atomic E-state index is 0.0975. The van der Waals surface area contributed by atoms with Crippen molar-refractivity contribution in [2.45, 2.75) is 51.1 Å². The van der Waals surface area contributed by atoms with Gasteiger partial charge in [0.05, 0.1) is 0 Å². The Balaban J connectivity index is 2.25. The summed E-state index contributed by atoms with van der Waals surface area (Å²) in [5.74, 6) is -0.963. The van der Waals surface area contributed by atoms with Crippen LogP contribution in [0.5, 0.6) is 0 Å². The summed E-state index contributed by atoms with van der Waals surface area (Å²) in [7, 11) is 1.78. The van der Waals surface area contributed by atoms with E-state index in [1.54, 1.807) is 11.9 Å². The average molecular weight is 268 g/mol. The molecule has 0 amide bonds. The van der Waals surface area contributed by atoms with Crippen LogP contribution in [0.25, 0.3) is 0 Å². The molecule has 1 aromatic carbocycles. The molecule has 0 aromatic heterocycles. The van der Waals surface area contributed by atoms with Crippen molar-refractivity contribution in [1.29, 1.82) is 0 Å². The number of anilines is 1. The highest BCUT2D eigenvalue weighted by atomic mass is 19.1. The van der Waals surface area contributed by atoms with E-state index >= 15 is 0 Å². The van der Waals surface area contributed by atoms with Gasteiger partial charge in [0.25, 0.3) is 0 Å². The van der Waals surface area contributed by atoms with Gasteiger partial charge in [-0.1, -0.05) is 12.8 Å². The molecule has 0 radical (unpaired) electrons. The third kappa shape index (κ3) is 3.24. The van der Waals surface area contributed by atoms with Crippen molar-refractivity contribution in [2.24, 2.45) is 5.73 Å². The molecule has 2 N–H and O–H groups in total. The Morgan fingerprint density at radius 2 is 1.79 bits per heavy atom. The molecule has 1 aliphatic carbocycles. The molecule has 0 heterocycles. The van der Waals surface area contributed by atoms with E-state index in [1.165, 1.54) is 12.1 Å². The van der Waals surface area contributed by atoms with Crippen LogP contribution in [0.2, 0.25) is 0 Å². The lowest BCUT2D eigenvalue weighted by molar-refractivity contribution is 0.550. The molecule has 19 heavy (non-hydrogen) atoms. The van der Waals surface area contributed by atoms with Crippen LogP contribution in [0.1, 0.15) is 38.2 Å². The molecule has 1 fully saturated rings. The van der Waals surface area contributed by atoms with Gasteiger partial charge in [-0.25, -0.2) is 8.78 Å². The third-order valence-electron chi connectivity index (χ3n) is 3.86. The smallest absolute Gasteiger partial charge is 0.149 e. The summed E-state index contributed by atoms with van der Waals surface area (Å²) in [4.78, 5) is 1.76. The quantitative estimate of drug-likeness (QED) is 0.908. The lowest BCUT2D eigenvalue weighted by atomic mass is 10.1. The average Bonchev–Trinajstić information content (AvgIpc) is 2.79. The van der Waals surface area contributed by atoms with E-state index in [1.807, 2.05) is 6.92 Å². The fraction of sp³-hybridized carbons (Fsp3) is 0.600. The van der Waals surface area contributed by atoms with E-state index in [0.29, 0.717) is 12.0 Å². The highest BCUT2D eigenvalue weighted by Crippen LogP contribution is 2.31. The normalized spacial score (nSPS) is 17.7. The van der Waals surface area contributed by atoms with Gasteiger partial charge in [-0.2, -0.15) is 0 Å². The van der Waals surface area contributed by atoms with Gasteiger partial charge in [-0.05, 0) is 43.9 Å². The van der Waals surface area contributed by atoms with Crippen LogP contribution >= 0.6 is 0 Å². The lowest BCUT2D eigenvalue weighted by Gasteiger charge is -2.27. The van der Waals surface area contributed by atoms with Crippen LogP contribution in [-0.4, -0.2) is 19.1 Å². The van der Waals surface area contributed by atoms with Crippen molar-refractivity contribution in [2.75, 3.05) is 11.9 Å². The molecule has 0 saturated heterocycles. The van der Waals surface area contributed by atoms with Crippen molar-refractivity contribution in [1.82, 2.24) is 0 Å². The van der Waals surface area contributed by atoms with E-state index in [2.05, 4.69) is 0 Å². The monoisotopic (exact) mass is 268 g/mol. The molecule has 2 nitrogen and oxygen atoms in total. The zero-order valence-electron chi connectivity index (χ0n) is 11.6. The maximum atomic E-state index is 14.1. The van der Waals surface area contributed by atoms with Crippen LogP contribution in [0.3, 0.4) is 0 Å². The lowest BCUT2D eigenvalue weighted by Crippen LogP contribution is -2.30. The van der Waals surface area contributed by atoms with Crippen molar-refractivity contribution < 1.29 is 8.78 Å². The second kappa shape index (κ2) is 5.87. The first-order chi connectivity index (χ1) is 8.99. The molecule has 1 aliphatic rings. The van der Waals surface area contributed by atoms with Gasteiger partial charge < -0.3 is 10.6 Å². The molecule has 1 aromatic rings. The fourth-order valence-corrected chi connectivity index (χ4v) is 2.92. The van der Waals surface area contributed by atoms with Gasteiger partial charge in [0.2, 0.25) is 0 Å². The number of halogens is 2. The minimum Gasteiger partial charge on any atom is -0.367 e. The number of hydrogen-bond donors (Lipinski definition) is 1. The molecule has 1 unspecified atom stereocenters. The predicted molar refractivity (Wildman–Crippen MR) is 74.4 cm³/mol. The van der Waals surface area contributed by atoms with Crippen molar-refractivity contribution in [3.8, 4) is 0 Å². The first kappa shape index (κ1) is 14.3. The zero-order chi connectivity index (χ0) is 14.0. The van der Waals surface area contributed by atoms with Crippen molar-refractivity contribution >= 4 is 5.69 Å².